The Morgan fingerprint density at radius 2 is 2.11 bits per heavy atom. The molecule has 0 spiro atoms. The lowest BCUT2D eigenvalue weighted by Gasteiger charge is -2.04. The molecule has 2 heterocycles. The molecule has 3 N–H and O–H groups in total. The topological polar surface area (TPSA) is 112 Å². The number of nitrogens with one attached hydrogen (secondary N) is 2. The Morgan fingerprint density at radius 3 is 2.58 bits per heavy atom. The maximum absolute atomic E-state index is 12.1. The average molecular weight is 301 g/mol. The molecule has 0 fully saturated rings. The Morgan fingerprint density at radius 1 is 1.42 bits per heavy atom. The molecule has 0 aliphatic heterocycles. The summed E-state index contributed by atoms with van der Waals surface area (Å²) in [7, 11) is -3.81. The van der Waals surface area contributed by atoms with Gasteiger partial charge in [-0.25, -0.2) is 13.2 Å². The summed E-state index contributed by atoms with van der Waals surface area (Å²) in [4.78, 5) is 10.9. The summed E-state index contributed by atoms with van der Waals surface area (Å²) in [5, 5.41) is 15.2. The summed E-state index contributed by atoms with van der Waals surface area (Å²) in [5.41, 5.74) is 1.06. The monoisotopic (exact) mass is 301 g/mol. The van der Waals surface area contributed by atoms with Crippen molar-refractivity contribution < 1.29 is 18.3 Å². The number of nitrogens with zero attached hydrogens (tertiary/aromatic N) is 1. The zero-order valence-electron chi connectivity index (χ0n) is 10.1. The number of aromatic carboxylic acids is 1. The van der Waals surface area contributed by atoms with Gasteiger partial charge in [0.2, 0.25) is 0 Å². The molecule has 2 rings (SSSR count). The maximum atomic E-state index is 12.1. The van der Waals surface area contributed by atoms with Crippen LogP contribution in [0.15, 0.2) is 16.5 Å². The molecule has 7 nitrogen and oxygen atoms in total. The molecule has 2 aromatic heterocycles. The molecule has 0 bridgehead atoms. The lowest BCUT2D eigenvalue weighted by molar-refractivity contribution is 0.0701. The van der Waals surface area contributed by atoms with E-state index < -0.39 is 16.0 Å². The van der Waals surface area contributed by atoms with Crippen LogP contribution in [0.2, 0.25) is 0 Å². The molecule has 9 heteroatoms. The van der Waals surface area contributed by atoms with E-state index in [1.807, 2.05) is 0 Å². The van der Waals surface area contributed by atoms with Crippen LogP contribution in [0.1, 0.15) is 20.8 Å². The van der Waals surface area contributed by atoms with Crippen molar-refractivity contribution in [3.8, 4) is 0 Å². The summed E-state index contributed by atoms with van der Waals surface area (Å²) in [6, 6.07) is 1.34. The van der Waals surface area contributed by atoms with Crippen LogP contribution in [0.25, 0.3) is 0 Å². The van der Waals surface area contributed by atoms with Crippen LogP contribution < -0.4 is 4.72 Å². The normalized spacial score (nSPS) is 11.5. The second-order valence-electron chi connectivity index (χ2n) is 3.92. The van der Waals surface area contributed by atoms with Crippen molar-refractivity contribution in [3.63, 3.8) is 0 Å². The van der Waals surface area contributed by atoms with Gasteiger partial charge in [-0.1, -0.05) is 0 Å². The van der Waals surface area contributed by atoms with Gasteiger partial charge in [-0.3, -0.25) is 9.82 Å². The van der Waals surface area contributed by atoms with Gasteiger partial charge in [0.1, 0.15) is 14.9 Å². The number of carbonyl (C=O) groups is 1. The second kappa shape index (κ2) is 4.67. The molecule has 0 unspecified atom stereocenters. The Hall–Kier alpha value is -1.87. The fourth-order valence-corrected chi connectivity index (χ4v) is 3.90. The first-order valence-corrected chi connectivity index (χ1v) is 7.48. The Labute approximate surface area is 113 Å². The van der Waals surface area contributed by atoms with E-state index in [1.54, 1.807) is 13.8 Å². The van der Waals surface area contributed by atoms with Gasteiger partial charge < -0.3 is 5.11 Å². The number of H-pyrrole nitrogens is 1. The molecule has 0 aliphatic carbocycles. The molecule has 19 heavy (non-hydrogen) atoms. The lowest BCUT2D eigenvalue weighted by atomic mass is 10.3. The predicted molar refractivity (Wildman–Crippen MR) is 70.1 cm³/mol. The van der Waals surface area contributed by atoms with E-state index in [0.29, 0.717) is 11.1 Å². The quantitative estimate of drug-likeness (QED) is 0.793. The smallest absolute Gasteiger partial charge is 0.346 e. The summed E-state index contributed by atoms with van der Waals surface area (Å²) in [6.45, 7) is 3.25. The van der Waals surface area contributed by atoms with Gasteiger partial charge in [-0.15, -0.1) is 11.3 Å². The molecule has 102 valence electrons. The number of anilines is 1. The Kier molecular flexibility index (Phi) is 3.33. The standard InChI is InChI=1S/C10H11N3O4S2/c1-5-3-7(18-8(5)10(14)15)19(16,17)13-9-6(2)4-11-12-9/h3-4H,1-2H3,(H,14,15)(H2,11,12,13). The van der Waals surface area contributed by atoms with E-state index in [4.69, 9.17) is 5.11 Å². The first-order chi connectivity index (χ1) is 8.81. The fraction of sp³-hybridized carbons (Fsp3) is 0.200. The van der Waals surface area contributed by atoms with Gasteiger partial charge >= 0.3 is 5.97 Å². The van der Waals surface area contributed by atoms with E-state index in [9.17, 15) is 13.2 Å². The largest absolute Gasteiger partial charge is 0.477 e. The molecule has 2 aromatic rings. The lowest BCUT2D eigenvalue weighted by Crippen LogP contribution is -2.12. The minimum atomic E-state index is -3.81. The molecular weight excluding hydrogens is 290 g/mol. The third-order valence-corrected chi connectivity index (χ3v) is 5.47. The second-order valence-corrected chi connectivity index (χ2v) is 6.88. The molecule has 0 aromatic carbocycles. The van der Waals surface area contributed by atoms with Gasteiger partial charge in [-0.2, -0.15) is 5.10 Å². The highest BCUT2D eigenvalue weighted by Crippen LogP contribution is 2.27. The van der Waals surface area contributed by atoms with Crippen molar-refractivity contribution in [2.45, 2.75) is 18.1 Å². The van der Waals surface area contributed by atoms with Crippen molar-refractivity contribution in [2.75, 3.05) is 4.72 Å². The van der Waals surface area contributed by atoms with Gasteiger partial charge in [0, 0.05) is 5.56 Å². The third-order valence-electron chi connectivity index (χ3n) is 2.42. The first-order valence-electron chi connectivity index (χ1n) is 5.18. The summed E-state index contributed by atoms with van der Waals surface area (Å²) >= 11 is 0.718. The van der Waals surface area contributed by atoms with Crippen LogP contribution >= 0.6 is 11.3 Å². The first kappa shape index (κ1) is 13.6. The van der Waals surface area contributed by atoms with Crippen LogP contribution in [-0.4, -0.2) is 29.7 Å². The molecule has 0 atom stereocenters. The highest BCUT2D eigenvalue weighted by molar-refractivity contribution is 7.94. The van der Waals surface area contributed by atoms with Crippen molar-refractivity contribution in [1.82, 2.24) is 10.2 Å². The minimum absolute atomic E-state index is 0.0155. The van der Waals surface area contributed by atoms with Gasteiger partial charge in [-0.05, 0) is 25.5 Å². The van der Waals surface area contributed by atoms with Gasteiger partial charge in [0.15, 0.2) is 0 Å². The highest BCUT2D eigenvalue weighted by Gasteiger charge is 2.22. The summed E-state index contributed by atoms with van der Waals surface area (Å²) < 4.78 is 26.5. The number of hydrogen-bond acceptors (Lipinski definition) is 5. The number of carboxylic acids is 1. The Bertz CT molecular complexity index is 730. The van der Waals surface area contributed by atoms with Crippen LogP contribution in [0.5, 0.6) is 0 Å². The van der Waals surface area contributed by atoms with E-state index in [0.717, 1.165) is 11.3 Å². The van der Waals surface area contributed by atoms with Crippen LogP contribution in [0.3, 0.4) is 0 Å². The summed E-state index contributed by atoms with van der Waals surface area (Å²) in [5.74, 6) is -0.871. The highest BCUT2D eigenvalue weighted by atomic mass is 32.2. The van der Waals surface area contributed by atoms with Crippen molar-refractivity contribution in [2.24, 2.45) is 0 Å². The Balaban J connectivity index is 2.38. The molecule has 0 saturated heterocycles. The van der Waals surface area contributed by atoms with Gasteiger partial charge in [0.25, 0.3) is 10.0 Å². The van der Waals surface area contributed by atoms with E-state index in [1.165, 1.54) is 12.3 Å². The average Bonchev–Trinajstić information content (AvgIpc) is 2.86. The molecule has 0 amide bonds. The van der Waals surface area contributed by atoms with Crippen molar-refractivity contribution in [1.29, 1.82) is 0 Å². The molecule has 0 saturated carbocycles. The van der Waals surface area contributed by atoms with Gasteiger partial charge in [0.05, 0.1) is 6.20 Å². The van der Waals surface area contributed by atoms with E-state index in [-0.39, 0.29) is 14.9 Å². The summed E-state index contributed by atoms with van der Waals surface area (Å²) in [6.07, 6.45) is 1.49. The zero-order chi connectivity index (χ0) is 14.2. The predicted octanol–water partition coefficient (Wildman–Crippen LogP) is 1.59. The van der Waals surface area contributed by atoms with Crippen LogP contribution in [0.4, 0.5) is 5.82 Å². The van der Waals surface area contributed by atoms with Crippen LogP contribution in [-0.2, 0) is 10.0 Å². The minimum Gasteiger partial charge on any atom is -0.477 e. The molecular formula is C10H11N3O4S2. The van der Waals surface area contributed by atoms with Crippen molar-refractivity contribution in [3.05, 3.63) is 28.3 Å². The number of sulfonamides is 1. The molecule has 0 aliphatic rings. The SMILES string of the molecule is Cc1cn[nH]c1NS(=O)(=O)c1cc(C)c(C(=O)O)s1. The maximum Gasteiger partial charge on any atom is 0.346 e. The van der Waals surface area contributed by atoms with E-state index >= 15 is 0 Å². The molecule has 0 radical (unpaired) electrons. The van der Waals surface area contributed by atoms with Crippen LogP contribution in [0, 0.1) is 13.8 Å². The number of hydrogen-bond donors (Lipinski definition) is 3. The van der Waals surface area contributed by atoms with E-state index in [2.05, 4.69) is 14.9 Å². The number of aromatic amines is 1. The third kappa shape index (κ3) is 2.61. The number of rotatable bonds is 4. The number of carboxylic acid groups (broad SMARTS) is 1. The zero-order valence-corrected chi connectivity index (χ0v) is 11.7. The number of aromatic nitrogens is 2. The number of thiophene rings is 1. The van der Waals surface area contributed by atoms with Crippen molar-refractivity contribution >= 4 is 33.1 Å². The number of aryl methyl sites for hydroxylation is 2. The fourth-order valence-electron chi connectivity index (χ4n) is 1.43.